The Hall–Kier alpha value is -0.610. The van der Waals surface area contributed by atoms with Crippen LogP contribution in [0.5, 0.6) is 0 Å². The van der Waals surface area contributed by atoms with Crippen molar-refractivity contribution in [2.24, 2.45) is 5.73 Å². The molecule has 0 aromatic carbocycles. The van der Waals surface area contributed by atoms with Gasteiger partial charge in [0.15, 0.2) is 0 Å². The van der Waals surface area contributed by atoms with E-state index in [-0.39, 0.29) is 11.9 Å². The molecule has 4 nitrogen and oxygen atoms in total. The average molecular weight is 202 g/mol. The topological polar surface area (TPSA) is 64.3 Å². The molecule has 0 aliphatic rings. The highest BCUT2D eigenvalue weighted by molar-refractivity contribution is 5.81. The second-order valence-electron chi connectivity index (χ2n) is 3.27. The highest BCUT2D eigenvalue weighted by Gasteiger charge is 2.08. The molecule has 0 bridgehead atoms. The van der Waals surface area contributed by atoms with Crippen LogP contribution in [-0.2, 0) is 9.53 Å². The zero-order valence-corrected chi connectivity index (χ0v) is 9.21. The van der Waals surface area contributed by atoms with Gasteiger partial charge in [0.2, 0.25) is 5.91 Å². The van der Waals surface area contributed by atoms with Crippen molar-refractivity contribution in [3.05, 3.63) is 0 Å². The predicted molar refractivity (Wildman–Crippen MR) is 57.0 cm³/mol. The summed E-state index contributed by atoms with van der Waals surface area (Å²) >= 11 is 0. The highest BCUT2D eigenvalue weighted by atomic mass is 16.5. The van der Waals surface area contributed by atoms with Gasteiger partial charge in [-0.05, 0) is 12.8 Å². The molecule has 0 aliphatic carbocycles. The van der Waals surface area contributed by atoms with Gasteiger partial charge in [-0.1, -0.05) is 20.3 Å². The Morgan fingerprint density at radius 1 is 1.43 bits per heavy atom. The van der Waals surface area contributed by atoms with Gasteiger partial charge in [-0.3, -0.25) is 4.79 Å². The number of hydrogen-bond donors (Lipinski definition) is 2. The first-order valence-corrected chi connectivity index (χ1v) is 5.33. The van der Waals surface area contributed by atoms with E-state index in [1.807, 2.05) is 6.92 Å². The molecule has 1 amide bonds. The number of ether oxygens (including phenoxy) is 1. The van der Waals surface area contributed by atoms with Gasteiger partial charge in [0.05, 0.1) is 12.6 Å². The first-order chi connectivity index (χ1) is 6.72. The Labute approximate surface area is 86.2 Å². The Bertz CT molecular complexity index is 151. The summed E-state index contributed by atoms with van der Waals surface area (Å²) in [6, 6.07) is -0.384. The number of unbranched alkanes of at least 4 members (excludes halogenated alkanes) is 1. The minimum Gasteiger partial charge on any atom is -0.380 e. The minimum atomic E-state index is -0.384. The van der Waals surface area contributed by atoms with Crippen molar-refractivity contribution in [2.75, 3.05) is 19.8 Å². The van der Waals surface area contributed by atoms with Crippen molar-refractivity contribution in [1.82, 2.24) is 5.32 Å². The summed E-state index contributed by atoms with van der Waals surface area (Å²) < 4.78 is 5.28. The van der Waals surface area contributed by atoms with Crippen LogP contribution in [-0.4, -0.2) is 31.7 Å². The molecule has 1 atom stereocenters. The molecule has 0 aromatic heterocycles. The predicted octanol–water partition coefficient (Wildman–Crippen LogP) is 0.657. The van der Waals surface area contributed by atoms with E-state index in [4.69, 9.17) is 10.5 Å². The lowest BCUT2D eigenvalue weighted by molar-refractivity contribution is -0.122. The second kappa shape index (κ2) is 8.97. The van der Waals surface area contributed by atoms with Gasteiger partial charge in [0.1, 0.15) is 0 Å². The van der Waals surface area contributed by atoms with Crippen LogP contribution in [0.2, 0.25) is 0 Å². The summed E-state index contributed by atoms with van der Waals surface area (Å²) in [7, 11) is 0. The van der Waals surface area contributed by atoms with E-state index >= 15 is 0 Å². The van der Waals surface area contributed by atoms with E-state index in [0.29, 0.717) is 19.6 Å². The Morgan fingerprint density at radius 2 is 2.14 bits per heavy atom. The van der Waals surface area contributed by atoms with Crippen LogP contribution in [0, 0.1) is 0 Å². The molecule has 0 heterocycles. The van der Waals surface area contributed by atoms with Crippen LogP contribution < -0.4 is 11.1 Å². The zero-order chi connectivity index (χ0) is 10.8. The maximum absolute atomic E-state index is 11.2. The lowest BCUT2D eigenvalue weighted by atomic mass is 10.2. The third kappa shape index (κ3) is 6.86. The lowest BCUT2D eigenvalue weighted by Crippen LogP contribution is -2.41. The first kappa shape index (κ1) is 13.4. The summed E-state index contributed by atoms with van der Waals surface area (Å²) in [6.45, 7) is 5.90. The Kier molecular flexibility index (Phi) is 8.57. The average Bonchev–Trinajstić information content (AvgIpc) is 2.21. The van der Waals surface area contributed by atoms with Crippen LogP contribution >= 0.6 is 0 Å². The summed E-state index contributed by atoms with van der Waals surface area (Å²) in [5.41, 5.74) is 5.53. The normalized spacial score (nSPS) is 12.5. The van der Waals surface area contributed by atoms with E-state index in [9.17, 15) is 4.79 Å². The number of carbonyl (C=O) groups excluding carboxylic acids is 1. The molecule has 0 rings (SSSR count). The van der Waals surface area contributed by atoms with Crippen molar-refractivity contribution in [3.63, 3.8) is 0 Å². The molecular formula is C10H22N2O2. The second-order valence-corrected chi connectivity index (χ2v) is 3.27. The number of carbonyl (C=O) groups is 1. The molecule has 0 fully saturated rings. The van der Waals surface area contributed by atoms with E-state index in [1.54, 1.807) is 0 Å². The molecule has 14 heavy (non-hydrogen) atoms. The van der Waals surface area contributed by atoms with Crippen LogP contribution in [0.15, 0.2) is 0 Å². The van der Waals surface area contributed by atoms with Crippen molar-refractivity contribution in [1.29, 1.82) is 0 Å². The van der Waals surface area contributed by atoms with Crippen LogP contribution in [0.4, 0.5) is 0 Å². The third-order valence-corrected chi connectivity index (χ3v) is 1.96. The van der Waals surface area contributed by atoms with E-state index in [2.05, 4.69) is 12.2 Å². The fourth-order valence-corrected chi connectivity index (χ4v) is 0.911. The molecule has 0 unspecified atom stereocenters. The molecule has 4 heteroatoms. The molecule has 0 saturated heterocycles. The van der Waals surface area contributed by atoms with E-state index in [1.165, 1.54) is 0 Å². The highest BCUT2D eigenvalue weighted by Crippen LogP contribution is 1.87. The van der Waals surface area contributed by atoms with E-state index < -0.39 is 0 Å². The zero-order valence-electron chi connectivity index (χ0n) is 9.21. The van der Waals surface area contributed by atoms with Crippen molar-refractivity contribution in [2.45, 2.75) is 39.2 Å². The number of amides is 1. The standard InChI is InChI=1S/C10H22N2O2/c1-3-5-7-14-8-6-12-10(13)9(11)4-2/h9H,3-8,11H2,1-2H3,(H,12,13)/t9-/m1/s1. The van der Waals surface area contributed by atoms with Crippen molar-refractivity contribution in [3.8, 4) is 0 Å². The number of nitrogens with two attached hydrogens (primary N) is 1. The maximum atomic E-state index is 11.2. The summed E-state index contributed by atoms with van der Waals surface area (Å²) in [5, 5.41) is 2.72. The van der Waals surface area contributed by atoms with Crippen LogP contribution in [0.3, 0.4) is 0 Å². The molecule has 0 saturated carbocycles. The molecule has 0 aromatic rings. The minimum absolute atomic E-state index is 0.0911. The first-order valence-electron chi connectivity index (χ1n) is 5.33. The molecule has 0 radical (unpaired) electrons. The fourth-order valence-electron chi connectivity index (χ4n) is 0.911. The molecule has 0 aliphatic heterocycles. The monoisotopic (exact) mass is 202 g/mol. The van der Waals surface area contributed by atoms with Crippen molar-refractivity contribution < 1.29 is 9.53 Å². The molecule has 3 N–H and O–H groups in total. The fraction of sp³-hybridized carbons (Fsp3) is 0.900. The third-order valence-electron chi connectivity index (χ3n) is 1.96. The van der Waals surface area contributed by atoms with Crippen LogP contribution in [0.25, 0.3) is 0 Å². The molecule has 84 valence electrons. The SMILES string of the molecule is CCCCOCCNC(=O)[C@H](N)CC. The van der Waals surface area contributed by atoms with Gasteiger partial charge in [-0.15, -0.1) is 0 Å². The van der Waals surface area contributed by atoms with E-state index in [0.717, 1.165) is 19.4 Å². The summed E-state index contributed by atoms with van der Waals surface area (Å²) in [6.07, 6.45) is 2.87. The van der Waals surface area contributed by atoms with Crippen molar-refractivity contribution >= 4 is 5.91 Å². The Morgan fingerprint density at radius 3 is 2.71 bits per heavy atom. The Balaban J connectivity index is 3.23. The number of rotatable bonds is 8. The largest absolute Gasteiger partial charge is 0.380 e. The van der Waals surface area contributed by atoms with Gasteiger partial charge in [0.25, 0.3) is 0 Å². The van der Waals surface area contributed by atoms with Gasteiger partial charge < -0.3 is 15.8 Å². The maximum Gasteiger partial charge on any atom is 0.236 e. The smallest absolute Gasteiger partial charge is 0.236 e. The molecule has 0 spiro atoms. The number of hydrogen-bond acceptors (Lipinski definition) is 3. The molecular weight excluding hydrogens is 180 g/mol. The number of nitrogens with one attached hydrogen (secondary N) is 1. The van der Waals surface area contributed by atoms with Crippen LogP contribution in [0.1, 0.15) is 33.1 Å². The quantitative estimate of drug-likeness (QED) is 0.568. The van der Waals surface area contributed by atoms with Gasteiger partial charge in [0, 0.05) is 13.2 Å². The summed E-state index contributed by atoms with van der Waals surface area (Å²) in [5.74, 6) is -0.0911. The lowest BCUT2D eigenvalue weighted by Gasteiger charge is -2.09. The van der Waals surface area contributed by atoms with Gasteiger partial charge in [-0.25, -0.2) is 0 Å². The summed E-state index contributed by atoms with van der Waals surface area (Å²) in [4.78, 5) is 11.2. The van der Waals surface area contributed by atoms with Gasteiger partial charge in [-0.2, -0.15) is 0 Å². The van der Waals surface area contributed by atoms with Gasteiger partial charge >= 0.3 is 0 Å².